The molecule has 0 saturated heterocycles. The third-order valence-corrected chi connectivity index (χ3v) is 1.91. The van der Waals surface area contributed by atoms with Crippen molar-refractivity contribution in [2.75, 3.05) is 7.11 Å². The van der Waals surface area contributed by atoms with Gasteiger partial charge < -0.3 is 14.8 Å². The summed E-state index contributed by atoms with van der Waals surface area (Å²) in [6.07, 6.45) is 0. The molecule has 7 heteroatoms. The van der Waals surface area contributed by atoms with Crippen molar-refractivity contribution in [1.29, 1.82) is 0 Å². The van der Waals surface area contributed by atoms with E-state index in [1.807, 2.05) is 0 Å². The maximum atomic E-state index is 13.3. The van der Waals surface area contributed by atoms with Crippen molar-refractivity contribution < 1.29 is 23.6 Å². The van der Waals surface area contributed by atoms with Crippen LogP contribution in [0.15, 0.2) is 6.07 Å². The first-order valence-corrected chi connectivity index (χ1v) is 3.94. The summed E-state index contributed by atoms with van der Waals surface area (Å²) in [5.41, 5.74) is -0.883. The highest BCUT2D eigenvalue weighted by atomic mass is 35.5. The Morgan fingerprint density at radius 3 is 2.43 bits per heavy atom. The Balaban J connectivity index is 3.44. The molecule has 0 unspecified atom stereocenters. The minimum atomic E-state index is -2.25. The molecule has 0 aromatic heterocycles. The van der Waals surface area contributed by atoms with Crippen molar-refractivity contribution >= 4 is 24.2 Å². The van der Waals surface area contributed by atoms with Gasteiger partial charge in [-0.1, -0.05) is 11.6 Å². The average Bonchev–Trinajstić information content (AvgIpc) is 2.02. The monoisotopic (exact) mass is 222 g/mol. The third-order valence-electron chi connectivity index (χ3n) is 1.63. The Kier molecular flexibility index (Phi) is 3.31. The second kappa shape index (κ2) is 4.12. The predicted molar refractivity (Wildman–Crippen MR) is 47.7 cm³/mol. The van der Waals surface area contributed by atoms with Crippen molar-refractivity contribution in [2.24, 2.45) is 0 Å². The number of benzene rings is 1. The molecule has 1 aromatic carbocycles. The molecule has 2 N–H and O–H groups in total. The van der Waals surface area contributed by atoms with Crippen molar-refractivity contribution in [3.8, 4) is 5.75 Å². The molecule has 14 heavy (non-hydrogen) atoms. The molecule has 0 fully saturated rings. The summed E-state index contributed by atoms with van der Waals surface area (Å²) in [5, 5.41) is 17.1. The van der Waals surface area contributed by atoms with E-state index in [0.717, 1.165) is 13.2 Å². The van der Waals surface area contributed by atoms with Gasteiger partial charge in [-0.15, -0.1) is 0 Å². The van der Waals surface area contributed by atoms with Gasteiger partial charge in [-0.25, -0.2) is 8.78 Å². The summed E-state index contributed by atoms with van der Waals surface area (Å²) >= 11 is 5.44. The third kappa shape index (κ3) is 1.82. The Bertz CT molecular complexity index is 359. The molecular weight excluding hydrogens is 216 g/mol. The molecule has 1 rings (SSSR count). The zero-order chi connectivity index (χ0) is 10.9. The summed E-state index contributed by atoms with van der Waals surface area (Å²) < 4.78 is 30.8. The summed E-state index contributed by atoms with van der Waals surface area (Å²) in [6.45, 7) is 0. The van der Waals surface area contributed by atoms with Crippen LogP contribution in [-0.4, -0.2) is 24.3 Å². The first-order chi connectivity index (χ1) is 6.49. The van der Waals surface area contributed by atoms with E-state index in [-0.39, 0.29) is 5.02 Å². The highest BCUT2D eigenvalue weighted by Crippen LogP contribution is 2.27. The second-order valence-corrected chi connectivity index (χ2v) is 2.88. The first-order valence-electron chi connectivity index (χ1n) is 3.56. The molecule has 76 valence electrons. The van der Waals surface area contributed by atoms with Crippen LogP contribution >= 0.6 is 11.6 Å². The van der Waals surface area contributed by atoms with Gasteiger partial charge in [0.2, 0.25) is 0 Å². The van der Waals surface area contributed by atoms with Gasteiger partial charge in [0.25, 0.3) is 0 Å². The predicted octanol–water partition coefficient (Wildman–Crippen LogP) is 0.307. The lowest BCUT2D eigenvalue weighted by Gasteiger charge is -2.09. The molecule has 0 aliphatic carbocycles. The highest BCUT2D eigenvalue weighted by Gasteiger charge is 2.26. The van der Waals surface area contributed by atoms with Gasteiger partial charge in [-0.3, -0.25) is 0 Å². The molecule has 0 aliphatic heterocycles. The zero-order valence-electron chi connectivity index (χ0n) is 7.09. The average molecular weight is 222 g/mol. The number of hydrogen-bond acceptors (Lipinski definition) is 3. The highest BCUT2D eigenvalue weighted by molar-refractivity contribution is 6.59. The van der Waals surface area contributed by atoms with Crippen LogP contribution in [0.3, 0.4) is 0 Å². The fourth-order valence-corrected chi connectivity index (χ4v) is 1.27. The van der Waals surface area contributed by atoms with Gasteiger partial charge in [0.15, 0.2) is 11.6 Å². The van der Waals surface area contributed by atoms with Crippen LogP contribution in [0.4, 0.5) is 8.78 Å². The zero-order valence-corrected chi connectivity index (χ0v) is 7.85. The van der Waals surface area contributed by atoms with Gasteiger partial charge in [-0.2, -0.15) is 0 Å². The Morgan fingerprint density at radius 2 is 2.00 bits per heavy atom. The van der Waals surface area contributed by atoms with Gasteiger partial charge in [0.1, 0.15) is 5.82 Å². The Labute approximate surface area is 84.0 Å². The minimum absolute atomic E-state index is 0.271. The van der Waals surface area contributed by atoms with Crippen LogP contribution in [-0.2, 0) is 0 Å². The van der Waals surface area contributed by atoms with E-state index >= 15 is 0 Å². The number of rotatable bonds is 2. The van der Waals surface area contributed by atoms with E-state index in [2.05, 4.69) is 4.74 Å². The van der Waals surface area contributed by atoms with E-state index in [4.69, 9.17) is 21.6 Å². The summed E-state index contributed by atoms with van der Waals surface area (Å²) in [4.78, 5) is 0. The van der Waals surface area contributed by atoms with Crippen molar-refractivity contribution in [2.45, 2.75) is 0 Å². The van der Waals surface area contributed by atoms with Crippen LogP contribution in [0.25, 0.3) is 0 Å². The van der Waals surface area contributed by atoms with E-state index < -0.39 is 30.0 Å². The van der Waals surface area contributed by atoms with E-state index in [9.17, 15) is 8.78 Å². The number of halogens is 3. The Morgan fingerprint density at radius 1 is 1.43 bits per heavy atom. The van der Waals surface area contributed by atoms with Crippen LogP contribution in [0.5, 0.6) is 5.75 Å². The number of methoxy groups -OCH3 is 1. The second-order valence-electron chi connectivity index (χ2n) is 2.47. The summed E-state index contributed by atoms with van der Waals surface area (Å²) in [7, 11) is -1.11. The maximum Gasteiger partial charge on any atom is 0.494 e. The van der Waals surface area contributed by atoms with Gasteiger partial charge in [0, 0.05) is 0 Å². The molecule has 0 bridgehead atoms. The fourth-order valence-electron chi connectivity index (χ4n) is 1.01. The molecule has 0 heterocycles. The number of hydrogen-bond donors (Lipinski definition) is 2. The number of ether oxygens (including phenoxy) is 1. The molecule has 3 nitrogen and oxygen atoms in total. The quantitative estimate of drug-likeness (QED) is 0.708. The van der Waals surface area contributed by atoms with E-state index in [1.165, 1.54) is 0 Å². The van der Waals surface area contributed by atoms with Crippen LogP contribution in [0, 0.1) is 11.6 Å². The summed E-state index contributed by atoms with van der Waals surface area (Å²) in [6, 6.07) is 0.748. The first kappa shape index (κ1) is 11.2. The molecule has 0 saturated carbocycles. The molecule has 0 radical (unpaired) electrons. The smallest absolute Gasteiger partial charge is 0.492 e. The normalized spacial score (nSPS) is 10.1. The topological polar surface area (TPSA) is 49.7 Å². The lowest BCUT2D eigenvalue weighted by atomic mass is 9.79. The lowest BCUT2D eigenvalue weighted by molar-refractivity contribution is 0.381. The van der Waals surface area contributed by atoms with E-state index in [0.29, 0.717) is 0 Å². The van der Waals surface area contributed by atoms with Crippen molar-refractivity contribution in [3.05, 3.63) is 22.7 Å². The molecule has 0 aliphatic rings. The fraction of sp³-hybridized carbons (Fsp3) is 0.143. The minimum Gasteiger partial charge on any atom is -0.492 e. The maximum absolute atomic E-state index is 13.3. The lowest BCUT2D eigenvalue weighted by Crippen LogP contribution is -2.36. The molecular formula is C7H6BClF2O3. The van der Waals surface area contributed by atoms with Crippen molar-refractivity contribution in [3.63, 3.8) is 0 Å². The molecule has 1 aromatic rings. The molecule has 0 amide bonds. The Hall–Kier alpha value is -0.845. The van der Waals surface area contributed by atoms with Gasteiger partial charge in [0.05, 0.1) is 17.6 Å². The van der Waals surface area contributed by atoms with Gasteiger partial charge in [-0.05, 0) is 6.07 Å². The van der Waals surface area contributed by atoms with Crippen LogP contribution in [0.2, 0.25) is 5.02 Å². The standard InChI is InChI=1S/C7H6BClF2O3/c1-14-7-3(9)2-4(10)5(6(7)11)8(12)13/h2,12-13H,1H3. The van der Waals surface area contributed by atoms with E-state index in [1.54, 1.807) is 0 Å². The SMILES string of the molecule is COc1c(Cl)cc(F)c(B(O)O)c1F. The molecule has 0 atom stereocenters. The van der Waals surface area contributed by atoms with Crippen LogP contribution < -0.4 is 10.2 Å². The van der Waals surface area contributed by atoms with Gasteiger partial charge >= 0.3 is 7.12 Å². The largest absolute Gasteiger partial charge is 0.494 e. The van der Waals surface area contributed by atoms with Crippen molar-refractivity contribution in [1.82, 2.24) is 0 Å². The van der Waals surface area contributed by atoms with Crippen LogP contribution in [0.1, 0.15) is 0 Å². The molecule has 0 spiro atoms. The summed E-state index contributed by atoms with van der Waals surface area (Å²) in [5.74, 6) is -2.77.